The summed E-state index contributed by atoms with van der Waals surface area (Å²) in [7, 11) is 0. The number of aryl methyl sites for hydroxylation is 1. The average Bonchev–Trinajstić information content (AvgIpc) is 2.98. The fraction of sp³-hybridized carbons (Fsp3) is 0.471. The molecular formula is C17H20N2O3. The minimum atomic E-state index is -0.196. The Morgan fingerprint density at radius 2 is 2.14 bits per heavy atom. The van der Waals surface area contributed by atoms with E-state index < -0.39 is 0 Å². The molecule has 2 heterocycles. The summed E-state index contributed by atoms with van der Waals surface area (Å²) in [5, 5.41) is 0. The number of nitrogens with zero attached hydrogens (tertiary/aromatic N) is 2. The van der Waals surface area contributed by atoms with E-state index >= 15 is 0 Å². The number of aromatic nitrogens is 2. The summed E-state index contributed by atoms with van der Waals surface area (Å²) < 4.78 is 6.82. The van der Waals surface area contributed by atoms with Crippen molar-refractivity contribution in [2.75, 3.05) is 0 Å². The molecule has 0 saturated heterocycles. The lowest BCUT2D eigenvalue weighted by molar-refractivity contribution is -0.146. The molecule has 0 amide bonds. The number of carbonyl (C=O) groups is 1. The van der Waals surface area contributed by atoms with Crippen LogP contribution in [-0.4, -0.2) is 15.4 Å². The van der Waals surface area contributed by atoms with E-state index in [9.17, 15) is 9.59 Å². The van der Waals surface area contributed by atoms with Gasteiger partial charge in [-0.2, -0.15) is 0 Å². The van der Waals surface area contributed by atoms with Crippen molar-refractivity contribution >= 4 is 11.6 Å². The molecule has 5 heteroatoms. The topological polar surface area (TPSA) is 60.7 Å². The zero-order chi connectivity index (χ0) is 15.5. The number of pyridine rings is 1. The van der Waals surface area contributed by atoms with Crippen LogP contribution in [0.5, 0.6) is 0 Å². The van der Waals surface area contributed by atoms with Gasteiger partial charge in [-0.1, -0.05) is 18.9 Å². The highest BCUT2D eigenvalue weighted by Crippen LogP contribution is 2.27. The molecule has 0 unspecified atom stereocenters. The molecule has 2 aromatic rings. The Balaban J connectivity index is 1.69. The van der Waals surface area contributed by atoms with Gasteiger partial charge in [0.2, 0.25) is 0 Å². The number of hydrogen-bond donors (Lipinski definition) is 0. The van der Waals surface area contributed by atoms with Crippen molar-refractivity contribution in [3.8, 4) is 0 Å². The minimum Gasteiger partial charge on any atom is -0.459 e. The monoisotopic (exact) mass is 300 g/mol. The molecule has 5 nitrogen and oxygen atoms in total. The zero-order valence-electron chi connectivity index (χ0n) is 12.7. The lowest BCUT2D eigenvalue weighted by atomic mass is 10.0. The van der Waals surface area contributed by atoms with Crippen LogP contribution in [0.4, 0.5) is 0 Å². The molecule has 0 spiro atoms. The predicted molar refractivity (Wildman–Crippen MR) is 82.6 cm³/mol. The van der Waals surface area contributed by atoms with E-state index in [0.717, 1.165) is 18.5 Å². The first kappa shape index (κ1) is 14.8. The van der Waals surface area contributed by atoms with E-state index in [1.54, 1.807) is 10.5 Å². The van der Waals surface area contributed by atoms with Crippen LogP contribution < -0.4 is 5.56 Å². The lowest BCUT2D eigenvalue weighted by Gasteiger charge is -2.09. The zero-order valence-corrected chi connectivity index (χ0v) is 12.7. The summed E-state index contributed by atoms with van der Waals surface area (Å²) >= 11 is 0. The van der Waals surface area contributed by atoms with Crippen LogP contribution in [0.2, 0.25) is 0 Å². The number of ether oxygens (including phenoxy) is 1. The highest BCUT2D eigenvalue weighted by molar-refractivity contribution is 5.69. The van der Waals surface area contributed by atoms with Crippen molar-refractivity contribution in [1.82, 2.24) is 9.38 Å². The Labute approximate surface area is 128 Å². The predicted octanol–water partition coefficient (Wildman–Crippen LogP) is 2.63. The second-order valence-corrected chi connectivity index (χ2v) is 5.96. The largest absolute Gasteiger partial charge is 0.459 e. The molecule has 0 bridgehead atoms. The van der Waals surface area contributed by atoms with Gasteiger partial charge in [0.25, 0.3) is 5.56 Å². The summed E-state index contributed by atoms with van der Waals surface area (Å²) in [6.07, 6.45) is 5.13. The third kappa shape index (κ3) is 3.18. The summed E-state index contributed by atoms with van der Waals surface area (Å²) in [5.41, 5.74) is 1.76. The molecule has 0 aromatic carbocycles. The van der Waals surface area contributed by atoms with Crippen LogP contribution in [-0.2, 0) is 16.1 Å². The number of fused-ring (bicyclic) bond motifs is 1. The Bertz CT molecular complexity index is 745. The fourth-order valence-electron chi connectivity index (χ4n) is 3.10. The summed E-state index contributed by atoms with van der Waals surface area (Å²) in [6, 6.07) is 6.92. The van der Waals surface area contributed by atoms with Crippen LogP contribution in [0.3, 0.4) is 0 Å². The fourth-order valence-corrected chi connectivity index (χ4v) is 3.10. The first-order valence-corrected chi connectivity index (χ1v) is 7.77. The maximum atomic E-state index is 12.1. The molecule has 1 fully saturated rings. The molecule has 1 saturated carbocycles. The van der Waals surface area contributed by atoms with Crippen molar-refractivity contribution in [3.05, 3.63) is 46.0 Å². The van der Waals surface area contributed by atoms with Gasteiger partial charge in [-0.05, 0) is 37.8 Å². The smallest absolute Gasteiger partial charge is 0.306 e. The van der Waals surface area contributed by atoms with Crippen molar-refractivity contribution < 1.29 is 9.53 Å². The maximum absolute atomic E-state index is 12.1. The lowest BCUT2D eigenvalue weighted by Crippen LogP contribution is -2.18. The second-order valence-electron chi connectivity index (χ2n) is 5.96. The Hall–Kier alpha value is -2.17. The van der Waals surface area contributed by atoms with Crippen LogP contribution in [0.25, 0.3) is 5.65 Å². The first-order chi connectivity index (χ1) is 10.6. The molecule has 116 valence electrons. The molecule has 2 aromatic heterocycles. The Kier molecular flexibility index (Phi) is 4.22. The van der Waals surface area contributed by atoms with E-state index in [-0.39, 0.29) is 18.1 Å². The molecule has 22 heavy (non-hydrogen) atoms. The van der Waals surface area contributed by atoms with Crippen LogP contribution in [0.15, 0.2) is 29.1 Å². The summed E-state index contributed by atoms with van der Waals surface area (Å²) in [4.78, 5) is 28.4. The van der Waals surface area contributed by atoms with Gasteiger partial charge in [0.15, 0.2) is 0 Å². The summed E-state index contributed by atoms with van der Waals surface area (Å²) in [5.74, 6) is 0.267. The average molecular weight is 300 g/mol. The Morgan fingerprint density at radius 3 is 2.91 bits per heavy atom. The molecule has 3 rings (SSSR count). The molecule has 1 aliphatic carbocycles. The number of rotatable bonds is 4. The second kappa shape index (κ2) is 6.30. The summed E-state index contributed by atoms with van der Waals surface area (Å²) in [6.45, 7) is 1.92. The SMILES string of the molecule is Cc1cccc2nc(COC(=O)CC3CCCC3)cc(=O)n12. The van der Waals surface area contributed by atoms with Crippen LogP contribution in [0, 0.1) is 12.8 Å². The van der Waals surface area contributed by atoms with Crippen molar-refractivity contribution in [1.29, 1.82) is 0 Å². The van der Waals surface area contributed by atoms with E-state index in [1.165, 1.54) is 18.9 Å². The third-order valence-electron chi connectivity index (χ3n) is 4.24. The molecular weight excluding hydrogens is 280 g/mol. The van der Waals surface area contributed by atoms with Crippen molar-refractivity contribution in [2.45, 2.75) is 45.6 Å². The van der Waals surface area contributed by atoms with Crippen molar-refractivity contribution in [3.63, 3.8) is 0 Å². The van der Waals surface area contributed by atoms with Gasteiger partial charge in [0.1, 0.15) is 12.3 Å². The quantitative estimate of drug-likeness (QED) is 0.814. The molecule has 0 N–H and O–H groups in total. The van der Waals surface area contributed by atoms with Gasteiger partial charge in [0, 0.05) is 18.2 Å². The Morgan fingerprint density at radius 1 is 1.36 bits per heavy atom. The maximum Gasteiger partial charge on any atom is 0.306 e. The van der Waals surface area contributed by atoms with Crippen LogP contribution >= 0.6 is 0 Å². The van der Waals surface area contributed by atoms with Gasteiger partial charge in [-0.15, -0.1) is 0 Å². The van der Waals surface area contributed by atoms with E-state index in [0.29, 0.717) is 23.7 Å². The van der Waals surface area contributed by atoms with Gasteiger partial charge >= 0.3 is 5.97 Å². The van der Waals surface area contributed by atoms with Gasteiger partial charge in [0.05, 0.1) is 5.69 Å². The van der Waals surface area contributed by atoms with Gasteiger partial charge < -0.3 is 4.74 Å². The minimum absolute atomic E-state index is 0.0607. The number of hydrogen-bond acceptors (Lipinski definition) is 4. The van der Waals surface area contributed by atoms with Crippen molar-refractivity contribution in [2.24, 2.45) is 5.92 Å². The van der Waals surface area contributed by atoms with Gasteiger partial charge in [-0.3, -0.25) is 14.0 Å². The number of carbonyl (C=O) groups excluding carboxylic acids is 1. The van der Waals surface area contributed by atoms with E-state index in [4.69, 9.17) is 4.74 Å². The highest BCUT2D eigenvalue weighted by Gasteiger charge is 2.19. The van der Waals surface area contributed by atoms with Gasteiger partial charge in [-0.25, -0.2) is 4.98 Å². The number of esters is 1. The normalized spacial score (nSPS) is 15.3. The van der Waals surface area contributed by atoms with E-state index in [1.807, 2.05) is 19.1 Å². The molecule has 0 atom stereocenters. The van der Waals surface area contributed by atoms with E-state index in [2.05, 4.69) is 4.98 Å². The third-order valence-corrected chi connectivity index (χ3v) is 4.24. The molecule has 1 aliphatic rings. The molecule has 0 radical (unpaired) electrons. The standard InChI is InChI=1S/C17H20N2O3/c1-12-5-4-8-15-18-14(10-16(20)19(12)15)11-22-17(21)9-13-6-2-3-7-13/h4-5,8,10,13H,2-3,6-7,9,11H2,1H3. The highest BCUT2D eigenvalue weighted by atomic mass is 16.5. The first-order valence-electron chi connectivity index (χ1n) is 7.77. The van der Waals surface area contributed by atoms with Crippen LogP contribution in [0.1, 0.15) is 43.5 Å². The molecule has 0 aliphatic heterocycles.